The second-order valence-corrected chi connectivity index (χ2v) is 18.6. The number of aromatic nitrogens is 1. The molecule has 65 heavy (non-hydrogen) atoms. The lowest BCUT2D eigenvalue weighted by Crippen LogP contribution is -2.65. The predicted octanol–water partition coefficient (Wildman–Crippen LogP) is 7.48. The number of benzene rings is 3. The maximum absolute atomic E-state index is 14.7. The summed E-state index contributed by atoms with van der Waals surface area (Å²) in [6.07, 6.45) is 2.37. The summed E-state index contributed by atoms with van der Waals surface area (Å²) in [6.45, 7) is 10.9. The SMILES string of the molecule is CC(C)(C)OC(=O)N[C@@H]1ON2C(C(=O)OC(c3ccccc3)c3ccccc3)=C(/C=C3\CCN(Cc4cc[n+](CC(=O)Nc5ccc(OC(=O)OC(C)(C)C)c(F)c5)cc4)C3=O)CS[C@H]12. The van der Waals surface area contributed by atoms with Crippen molar-refractivity contribution in [3.63, 3.8) is 0 Å². The Balaban J connectivity index is 1.02. The maximum Gasteiger partial charge on any atom is 0.514 e. The Bertz CT molecular complexity index is 2450. The van der Waals surface area contributed by atoms with Crippen LogP contribution >= 0.6 is 11.8 Å². The van der Waals surface area contributed by atoms with Crippen molar-refractivity contribution in [2.75, 3.05) is 17.6 Å². The minimum Gasteiger partial charge on any atom is -0.448 e. The molecular weight excluding hydrogens is 858 g/mol. The molecule has 340 valence electrons. The summed E-state index contributed by atoms with van der Waals surface area (Å²) < 4.78 is 38.0. The fourth-order valence-corrected chi connectivity index (χ4v) is 8.24. The number of esters is 1. The predicted molar refractivity (Wildman–Crippen MR) is 237 cm³/mol. The van der Waals surface area contributed by atoms with Gasteiger partial charge in [-0.15, -0.1) is 11.8 Å². The van der Waals surface area contributed by atoms with E-state index in [1.54, 1.807) is 81.6 Å². The van der Waals surface area contributed by atoms with E-state index >= 15 is 0 Å². The molecule has 2 atom stereocenters. The second kappa shape index (κ2) is 19.6. The molecule has 1 aromatic heterocycles. The number of alkyl carbamates (subject to hydrolysis) is 1. The van der Waals surface area contributed by atoms with Crippen LogP contribution in [0, 0.1) is 5.82 Å². The van der Waals surface area contributed by atoms with Crippen molar-refractivity contribution in [3.8, 4) is 5.75 Å². The summed E-state index contributed by atoms with van der Waals surface area (Å²) in [5, 5.41) is 6.34. The highest BCUT2D eigenvalue weighted by Crippen LogP contribution is 2.43. The summed E-state index contributed by atoms with van der Waals surface area (Å²) >= 11 is 1.45. The first-order valence-electron chi connectivity index (χ1n) is 21.0. The van der Waals surface area contributed by atoms with Crippen LogP contribution in [0.2, 0.25) is 0 Å². The van der Waals surface area contributed by atoms with Gasteiger partial charge in [-0.2, -0.15) is 4.57 Å². The lowest BCUT2D eigenvalue weighted by atomic mass is 10.0. The number of thioether (sulfide) groups is 1. The average molecular weight is 909 g/mol. The van der Waals surface area contributed by atoms with E-state index in [2.05, 4.69) is 10.6 Å². The van der Waals surface area contributed by atoms with E-state index in [0.717, 1.165) is 22.8 Å². The number of ether oxygens (including phenoxy) is 4. The first-order chi connectivity index (χ1) is 30.9. The van der Waals surface area contributed by atoms with E-state index in [9.17, 15) is 28.4 Å². The van der Waals surface area contributed by atoms with Gasteiger partial charge < -0.3 is 29.2 Å². The van der Waals surface area contributed by atoms with Crippen LogP contribution in [0.5, 0.6) is 5.75 Å². The highest BCUT2D eigenvalue weighted by Gasteiger charge is 2.50. The van der Waals surface area contributed by atoms with E-state index in [1.807, 2.05) is 60.7 Å². The fourth-order valence-electron chi connectivity index (χ4n) is 7.09. The Morgan fingerprint density at radius 1 is 0.908 bits per heavy atom. The molecular formula is C48H51FN5O10S+. The highest BCUT2D eigenvalue weighted by molar-refractivity contribution is 8.00. The van der Waals surface area contributed by atoms with Crippen molar-refractivity contribution >= 4 is 47.5 Å². The molecule has 0 spiro atoms. The van der Waals surface area contributed by atoms with Crippen LogP contribution in [-0.4, -0.2) is 75.1 Å². The van der Waals surface area contributed by atoms with Gasteiger partial charge in [0.25, 0.3) is 5.91 Å². The number of hydrogen-bond acceptors (Lipinski definition) is 12. The molecule has 0 radical (unpaired) electrons. The largest absolute Gasteiger partial charge is 0.514 e. The Labute approximate surface area is 380 Å². The number of nitrogens with one attached hydrogen (secondary N) is 2. The van der Waals surface area contributed by atoms with E-state index in [0.29, 0.717) is 36.4 Å². The van der Waals surface area contributed by atoms with Crippen molar-refractivity contribution in [2.24, 2.45) is 0 Å². The Hall–Kier alpha value is -6.72. The van der Waals surface area contributed by atoms with Crippen molar-refractivity contribution < 1.29 is 56.7 Å². The topological polar surface area (TPSA) is 166 Å². The number of hydrogen-bond donors (Lipinski definition) is 2. The number of nitrogens with zero attached hydrogens (tertiary/aromatic N) is 3. The summed E-state index contributed by atoms with van der Waals surface area (Å²) in [7, 11) is 0. The summed E-state index contributed by atoms with van der Waals surface area (Å²) in [5.41, 5.74) is 2.19. The minimum atomic E-state index is -1.05. The quantitative estimate of drug-likeness (QED) is 0.0474. The van der Waals surface area contributed by atoms with Gasteiger partial charge in [-0.25, -0.2) is 28.7 Å². The number of pyridine rings is 1. The van der Waals surface area contributed by atoms with Gasteiger partial charge in [0, 0.05) is 48.3 Å². The fraction of sp³-hybridized carbons (Fsp3) is 0.333. The summed E-state index contributed by atoms with van der Waals surface area (Å²) in [5.74, 6) is -2.13. The first-order valence-corrected chi connectivity index (χ1v) is 22.0. The molecule has 4 heterocycles. The first kappa shape index (κ1) is 46.3. The lowest BCUT2D eigenvalue weighted by Gasteiger charge is -2.50. The molecule has 4 aromatic rings. The van der Waals surface area contributed by atoms with Gasteiger partial charge in [0.15, 0.2) is 42.0 Å². The minimum absolute atomic E-state index is 0.0810. The number of halogens is 1. The second-order valence-electron chi connectivity index (χ2n) is 17.5. The standard InChI is InChI=1S/C48H50FN5O10S/c1-47(2,3)62-45(58)51-41-43-54(64-41)39(44(57)61-40(31-13-9-7-10-14-31)32-15-11-8-12-16-32)34(29-65-43)25-33-21-24-53(42(33)56)27-30-19-22-52(23-20-30)28-38(55)50-35-17-18-37(36(49)26-35)60-46(59)63-48(4,5)6/h7-20,22-23,25-26,40-41,43H,21,24,27-29H2,1-6H3,(H-,50,51,55,58)/p+1/b33-25+/t41-,43-/m1/s1. The normalized spacial score (nSPS) is 17.9. The highest BCUT2D eigenvalue weighted by atomic mass is 32.2. The van der Waals surface area contributed by atoms with Crippen LogP contribution in [0.1, 0.15) is 70.8 Å². The van der Waals surface area contributed by atoms with E-state index in [4.69, 9.17) is 23.8 Å². The average Bonchev–Trinajstić information content (AvgIpc) is 3.57. The number of likely N-dealkylation sites (tertiary alicyclic amines) is 1. The summed E-state index contributed by atoms with van der Waals surface area (Å²) in [4.78, 5) is 73.4. The monoisotopic (exact) mass is 908 g/mol. The van der Waals surface area contributed by atoms with Gasteiger partial charge in [-0.05, 0) is 88.4 Å². The molecule has 0 bridgehead atoms. The van der Waals surface area contributed by atoms with Crippen LogP contribution in [0.3, 0.4) is 0 Å². The third kappa shape index (κ3) is 12.1. The van der Waals surface area contributed by atoms with Crippen LogP contribution in [0.4, 0.5) is 19.7 Å². The molecule has 0 saturated carbocycles. The van der Waals surface area contributed by atoms with Gasteiger partial charge in [0.2, 0.25) is 12.5 Å². The smallest absolute Gasteiger partial charge is 0.448 e. The maximum atomic E-state index is 14.7. The molecule has 2 N–H and O–H groups in total. The molecule has 3 aromatic carbocycles. The van der Waals surface area contributed by atoms with Gasteiger partial charge in [-0.3, -0.25) is 14.9 Å². The molecule has 2 fully saturated rings. The zero-order valence-corrected chi connectivity index (χ0v) is 37.7. The van der Waals surface area contributed by atoms with Gasteiger partial charge in [0.1, 0.15) is 16.6 Å². The Morgan fingerprint density at radius 3 is 2.17 bits per heavy atom. The number of amides is 3. The molecule has 3 aliphatic rings. The van der Waals surface area contributed by atoms with Crippen LogP contribution in [-0.2, 0) is 46.5 Å². The zero-order chi connectivity index (χ0) is 46.5. The molecule has 3 amide bonds. The van der Waals surface area contributed by atoms with Crippen molar-refractivity contribution in [1.29, 1.82) is 0 Å². The molecule has 2 saturated heterocycles. The number of allylic oxidation sites excluding steroid dienone is 1. The Kier molecular flexibility index (Phi) is 13.9. The molecule has 15 nitrogen and oxygen atoms in total. The third-order valence-electron chi connectivity index (χ3n) is 9.95. The third-order valence-corrected chi connectivity index (χ3v) is 11.2. The van der Waals surface area contributed by atoms with Crippen LogP contribution in [0.25, 0.3) is 0 Å². The zero-order valence-electron chi connectivity index (χ0n) is 36.9. The van der Waals surface area contributed by atoms with Crippen molar-refractivity contribution in [1.82, 2.24) is 15.3 Å². The van der Waals surface area contributed by atoms with E-state index < -0.39 is 58.9 Å². The van der Waals surface area contributed by atoms with E-state index in [-0.39, 0.29) is 29.6 Å². The molecule has 0 unspecified atom stereocenters. The van der Waals surface area contributed by atoms with Gasteiger partial charge >= 0.3 is 18.2 Å². The Morgan fingerprint density at radius 2 is 1.55 bits per heavy atom. The molecule has 17 heteroatoms. The van der Waals surface area contributed by atoms with Crippen molar-refractivity contribution in [3.05, 3.63) is 149 Å². The number of anilines is 1. The van der Waals surface area contributed by atoms with Crippen LogP contribution in [0.15, 0.2) is 126 Å². The van der Waals surface area contributed by atoms with Crippen LogP contribution < -0.4 is 19.9 Å². The molecule has 3 aliphatic heterocycles. The lowest BCUT2D eigenvalue weighted by molar-refractivity contribution is -0.684. The number of fused-ring (bicyclic) bond motifs is 1. The molecule has 7 rings (SSSR count). The van der Waals surface area contributed by atoms with Gasteiger partial charge in [0.05, 0.1) is 0 Å². The number of carbonyl (C=O) groups is 5. The molecule has 0 aliphatic carbocycles. The van der Waals surface area contributed by atoms with Gasteiger partial charge in [-0.1, -0.05) is 60.7 Å². The number of rotatable bonds is 12. The number of carbonyl (C=O) groups excluding carboxylic acids is 5. The summed E-state index contributed by atoms with van der Waals surface area (Å²) in [6, 6.07) is 26.1. The van der Waals surface area contributed by atoms with E-state index in [1.165, 1.54) is 29.0 Å². The number of hydroxylamine groups is 2. The van der Waals surface area contributed by atoms with Crippen molar-refractivity contribution in [2.45, 2.75) is 90.0 Å².